The third-order valence-electron chi connectivity index (χ3n) is 5.47. The van der Waals surface area contributed by atoms with Crippen LogP contribution < -0.4 is 0 Å². The number of benzene rings is 3. The molecule has 7 heteroatoms. The first-order valence-electron chi connectivity index (χ1n) is 9.61. The Hall–Kier alpha value is -4.00. The summed E-state index contributed by atoms with van der Waals surface area (Å²) in [6.07, 6.45) is 2.70. The molecule has 3 aromatic heterocycles. The second-order valence-corrected chi connectivity index (χ2v) is 7.52. The predicted octanol–water partition coefficient (Wildman–Crippen LogP) is 7.92. The fraction of sp³-hybridized carbons (Fsp3) is 0.0400. The summed E-state index contributed by atoms with van der Waals surface area (Å²) >= 11 is 0. The van der Waals surface area contributed by atoms with Gasteiger partial charge in [-0.2, -0.15) is 0 Å². The highest BCUT2D eigenvalue weighted by Crippen LogP contribution is 2.42. The van der Waals surface area contributed by atoms with Crippen molar-refractivity contribution in [2.75, 3.05) is 0 Å². The average molecular weight is 435 g/mol. The molecule has 6 aromatic rings. The lowest BCUT2D eigenvalue weighted by atomic mass is 9.99. The van der Waals surface area contributed by atoms with Crippen LogP contribution in [0.4, 0.5) is 17.6 Å². The molecule has 0 unspecified atom stereocenters. The van der Waals surface area contributed by atoms with Crippen LogP contribution in [0.15, 0.2) is 61.8 Å². The molecule has 0 spiro atoms. The maximum Gasteiger partial charge on any atom is 0.173 e. The summed E-state index contributed by atoms with van der Waals surface area (Å²) in [6.45, 7) is 1.69. The van der Waals surface area contributed by atoms with E-state index in [-0.39, 0.29) is 33.6 Å². The molecule has 0 bridgehead atoms. The zero-order valence-electron chi connectivity index (χ0n) is 16.4. The maximum absolute atomic E-state index is 15.9. The summed E-state index contributed by atoms with van der Waals surface area (Å²) in [5, 5.41) is 1.16. The van der Waals surface area contributed by atoms with Crippen LogP contribution >= 0.6 is 0 Å². The van der Waals surface area contributed by atoms with Gasteiger partial charge < -0.3 is 13.3 Å². The van der Waals surface area contributed by atoms with Crippen LogP contribution in [0.25, 0.3) is 55.6 Å². The first-order chi connectivity index (χ1) is 15.4. The molecule has 0 aliphatic heterocycles. The largest absolute Gasteiger partial charge is 0.456 e. The highest BCUT2D eigenvalue weighted by Gasteiger charge is 2.25. The van der Waals surface area contributed by atoms with E-state index in [1.807, 2.05) is 0 Å². The second-order valence-electron chi connectivity index (χ2n) is 7.52. The monoisotopic (exact) mass is 435 g/mol. The van der Waals surface area contributed by atoms with Gasteiger partial charge in [-0.25, -0.2) is 17.6 Å². The minimum atomic E-state index is -1.07. The van der Waals surface area contributed by atoms with Gasteiger partial charge in [0.15, 0.2) is 17.9 Å². The minimum Gasteiger partial charge on any atom is -0.456 e. The Kier molecular flexibility index (Phi) is 3.81. The lowest BCUT2D eigenvalue weighted by molar-refractivity contribution is 0.507. The van der Waals surface area contributed by atoms with Crippen molar-refractivity contribution in [3.05, 3.63) is 83.6 Å². The Bertz CT molecular complexity index is 1650. The van der Waals surface area contributed by atoms with Gasteiger partial charge in [-0.3, -0.25) is 0 Å². The van der Waals surface area contributed by atoms with Gasteiger partial charge in [0.2, 0.25) is 0 Å². The number of fused-ring (bicyclic) bond motifs is 3. The van der Waals surface area contributed by atoms with Gasteiger partial charge in [-0.05, 0) is 49.4 Å². The van der Waals surface area contributed by atoms with Crippen LogP contribution in [0.2, 0.25) is 0 Å². The van der Waals surface area contributed by atoms with Crippen molar-refractivity contribution < 1.29 is 30.8 Å². The average Bonchev–Trinajstić information content (AvgIpc) is 3.45. The number of aryl methyl sites for hydroxylation is 1. The molecular weight excluding hydrogens is 424 g/mol. The minimum absolute atomic E-state index is 0.0450. The van der Waals surface area contributed by atoms with Gasteiger partial charge in [0.05, 0.1) is 11.1 Å². The lowest BCUT2D eigenvalue weighted by Gasteiger charge is -2.07. The quantitative estimate of drug-likeness (QED) is 0.259. The van der Waals surface area contributed by atoms with Gasteiger partial charge in [-0.1, -0.05) is 0 Å². The van der Waals surface area contributed by atoms with Crippen molar-refractivity contribution in [2.24, 2.45) is 0 Å². The molecule has 6 rings (SSSR count). The molecule has 0 N–H and O–H groups in total. The summed E-state index contributed by atoms with van der Waals surface area (Å²) in [5.41, 5.74) is 1.41. The first-order valence-corrected chi connectivity index (χ1v) is 9.61. The van der Waals surface area contributed by atoms with Crippen molar-refractivity contribution >= 4 is 32.9 Å². The van der Waals surface area contributed by atoms with E-state index in [2.05, 4.69) is 6.26 Å². The molecule has 3 heterocycles. The summed E-state index contributed by atoms with van der Waals surface area (Å²) in [4.78, 5) is 0. The van der Waals surface area contributed by atoms with Crippen molar-refractivity contribution in [1.29, 1.82) is 0 Å². The number of halogens is 4. The Balaban J connectivity index is 1.65. The molecule has 3 nitrogen and oxygen atoms in total. The molecule has 157 valence electrons. The summed E-state index contributed by atoms with van der Waals surface area (Å²) < 4.78 is 73.7. The number of rotatable bonds is 2. The summed E-state index contributed by atoms with van der Waals surface area (Å²) in [6, 6.07) is 10.3. The summed E-state index contributed by atoms with van der Waals surface area (Å²) in [5.74, 6) is -3.01. The van der Waals surface area contributed by atoms with Crippen molar-refractivity contribution in [3.8, 4) is 22.6 Å². The number of hydrogen-bond acceptors (Lipinski definition) is 3. The van der Waals surface area contributed by atoms with E-state index in [4.69, 9.17) is 13.3 Å². The van der Waals surface area contributed by atoms with Gasteiger partial charge in [0.25, 0.3) is 0 Å². The first kappa shape index (κ1) is 18.7. The number of hydrogen-bond donors (Lipinski definition) is 0. The zero-order chi connectivity index (χ0) is 22.1. The van der Waals surface area contributed by atoms with Gasteiger partial charge in [-0.15, -0.1) is 0 Å². The van der Waals surface area contributed by atoms with Crippen LogP contribution in [0, 0.1) is 36.5 Å². The molecule has 0 atom stereocenters. The standard InChI is InChI=1S/C25H11F4O3/c1-11-10-30-21-8-15(20-6-12-4-14(26)2-3-18(12)31-20)25(29)24(23(11)21)22-7-13-5-16(27)17(28)9-19(13)32-22/h2-9H,1H3. The van der Waals surface area contributed by atoms with Crippen molar-refractivity contribution in [2.45, 2.75) is 6.92 Å². The maximum atomic E-state index is 15.9. The van der Waals surface area contributed by atoms with E-state index in [1.54, 1.807) is 6.92 Å². The van der Waals surface area contributed by atoms with E-state index >= 15 is 4.39 Å². The van der Waals surface area contributed by atoms with Crippen LogP contribution in [-0.4, -0.2) is 0 Å². The van der Waals surface area contributed by atoms with E-state index in [1.165, 1.54) is 36.4 Å². The van der Waals surface area contributed by atoms with E-state index in [0.717, 1.165) is 12.1 Å². The molecule has 1 radical (unpaired) electrons. The molecule has 0 aliphatic rings. The molecule has 0 amide bonds. The van der Waals surface area contributed by atoms with E-state index in [0.29, 0.717) is 27.5 Å². The fourth-order valence-corrected chi connectivity index (χ4v) is 3.98. The normalized spacial score (nSPS) is 11.9. The Labute approximate surface area is 177 Å². The molecule has 0 aliphatic carbocycles. The lowest BCUT2D eigenvalue weighted by Crippen LogP contribution is -1.90. The molecule has 32 heavy (non-hydrogen) atoms. The van der Waals surface area contributed by atoms with Crippen molar-refractivity contribution in [1.82, 2.24) is 0 Å². The van der Waals surface area contributed by atoms with Gasteiger partial charge >= 0.3 is 0 Å². The zero-order valence-corrected chi connectivity index (χ0v) is 16.4. The van der Waals surface area contributed by atoms with E-state index < -0.39 is 23.3 Å². The summed E-state index contributed by atoms with van der Waals surface area (Å²) in [7, 11) is 0. The third kappa shape index (κ3) is 2.67. The molecular formula is C25H11F4O3. The number of furan rings is 3. The molecule has 0 fully saturated rings. The van der Waals surface area contributed by atoms with Crippen LogP contribution in [0.5, 0.6) is 0 Å². The Morgan fingerprint density at radius 2 is 1.44 bits per heavy atom. The third-order valence-corrected chi connectivity index (χ3v) is 5.47. The predicted molar refractivity (Wildman–Crippen MR) is 110 cm³/mol. The van der Waals surface area contributed by atoms with Crippen molar-refractivity contribution in [3.63, 3.8) is 0 Å². The van der Waals surface area contributed by atoms with Gasteiger partial charge in [0, 0.05) is 27.8 Å². The Morgan fingerprint density at radius 3 is 2.28 bits per heavy atom. The van der Waals surface area contributed by atoms with Crippen LogP contribution in [0.1, 0.15) is 5.56 Å². The smallest absolute Gasteiger partial charge is 0.173 e. The van der Waals surface area contributed by atoms with Gasteiger partial charge in [0.1, 0.15) is 39.9 Å². The molecule has 0 saturated heterocycles. The van der Waals surface area contributed by atoms with E-state index in [9.17, 15) is 13.2 Å². The fourth-order valence-electron chi connectivity index (χ4n) is 3.98. The Morgan fingerprint density at radius 1 is 0.719 bits per heavy atom. The second kappa shape index (κ2) is 6.50. The highest BCUT2D eigenvalue weighted by atomic mass is 19.2. The molecule has 0 saturated carbocycles. The molecule has 3 aromatic carbocycles. The highest BCUT2D eigenvalue weighted by molar-refractivity contribution is 6.00. The van der Waals surface area contributed by atoms with Crippen LogP contribution in [0.3, 0.4) is 0 Å². The topological polar surface area (TPSA) is 39.4 Å². The SMILES string of the molecule is Cc1[c]oc2cc(-c3cc4cc(F)ccc4o3)c(F)c(-c3cc4cc(F)c(F)cc4o3)c12. The van der Waals surface area contributed by atoms with Crippen LogP contribution in [-0.2, 0) is 0 Å².